The average molecular weight is 422 g/mol. The molecule has 0 radical (unpaired) electrons. The van der Waals surface area contributed by atoms with E-state index in [0.717, 1.165) is 36.9 Å². The molecule has 1 saturated heterocycles. The van der Waals surface area contributed by atoms with Crippen LogP contribution >= 0.6 is 0 Å². The van der Waals surface area contributed by atoms with Gasteiger partial charge in [-0.1, -0.05) is 36.4 Å². The third kappa shape index (κ3) is 5.31. The highest BCUT2D eigenvalue weighted by Gasteiger charge is 2.36. The number of carboxylic acids is 1. The van der Waals surface area contributed by atoms with Crippen LogP contribution in [0, 0.1) is 5.92 Å². The second-order valence-electron chi connectivity index (χ2n) is 8.64. The smallest absolute Gasteiger partial charge is 0.325 e. The molecule has 2 atom stereocenters. The molecule has 2 aliphatic rings. The largest absolute Gasteiger partial charge is 0.480 e. The second-order valence-corrected chi connectivity index (χ2v) is 8.64. The van der Waals surface area contributed by atoms with E-state index in [4.69, 9.17) is 4.98 Å². The van der Waals surface area contributed by atoms with E-state index in [1.165, 1.54) is 24.1 Å². The number of likely N-dealkylation sites (tertiary alicyclic amines) is 1. The van der Waals surface area contributed by atoms with Crippen molar-refractivity contribution in [3.63, 3.8) is 0 Å². The number of nitrogens with one attached hydrogen (secondary N) is 1. The van der Waals surface area contributed by atoms with Crippen molar-refractivity contribution in [1.82, 2.24) is 15.2 Å². The number of fused-ring (bicyclic) bond motifs is 1. The number of carbonyl (C=O) groups is 2. The summed E-state index contributed by atoms with van der Waals surface area (Å²) in [5.74, 6) is -1.00. The van der Waals surface area contributed by atoms with E-state index in [-0.39, 0.29) is 11.8 Å². The Balaban J connectivity index is 1.24. The number of aromatic nitrogens is 1. The van der Waals surface area contributed by atoms with Crippen LogP contribution in [-0.4, -0.2) is 46.5 Å². The summed E-state index contributed by atoms with van der Waals surface area (Å²) in [6.45, 7) is 1.71. The molecule has 0 unspecified atom stereocenters. The van der Waals surface area contributed by atoms with E-state index in [0.29, 0.717) is 26.1 Å². The lowest BCUT2D eigenvalue weighted by atomic mass is 9.95. The molecule has 6 heteroatoms. The summed E-state index contributed by atoms with van der Waals surface area (Å²) in [6.07, 6.45) is 7.12. The van der Waals surface area contributed by atoms with Gasteiger partial charge in [-0.2, -0.15) is 0 Å². The predicted molar refractivity (Wildman–Crippen MR) is 119 cm³/mol. The molecule has 31 heavy (non-hydrogen) atoms. The van der Waals surface area contributed by atoms with Crippen LogP contribution in [-0.2, 0) is 28.9 Å². The van der Waals surface area contributed by atoms with Crippen LogP contribution in [0.4, 0.5) is 0 Å². The maximum absolute atomic E-state index is 12.6. The number of aliphatic carboxylic acids is 1. The molecule has 6 nitrogen and oxygen atoms in total. The highest BCUT2D eigenvalue weighted by atomic mass is 16.4. The summed E-state index contributed by atoms with van der Waals surface area (Å²) in [7, 11) is 0. The molecule has 2 aromatic rings. The van der Waals surface area contributed by atoms with E-state index in [1.54, 1.807) is 0 Å². The van der Waals surface area contributed by atoms with Crippen molar-refractivity contribution in [2.75, 3.05) is 19.6 Å². The molecule has 1 amide bonds. The first-order valence-corrected chi connectivity index (χ1v) is 11.4. The maximum atomic E-state index is 12.6. The molecule has 1 aliphatic carbocycles. The minimum atomic E-state index is -0.871. The Labute approximate surface area is 183 Å². The molecule has 0 spiro atoms. The van der Waals surface area contributed by atoms with Gasteiger partial charge in [0.15, 0.2) is 0 Å². The van der Waals surface area contributed by atoms with E-state index < -0.39 is 12.0 Å². The molecular formula is C25H31N3O3. The third-order valence-corrected chi connectivity index (χ3v) is 6.45. The first kappa shape index (κ1) is 21.5. The second kappa shape index (κ2) is 10.1. The highest BCUT2D eigenvalue weighted by Crippen LogP contribution is 2.28. The topological polar surface area (TPSA) is 82.5 Å². The van der Waals surface area contributed by atoms with E-state index >= 15 is 0 Å². The van der Waals surface area contributed by atoms with Gasteiger partial charge in [0, 0.05) is 31.0 Å². The standard InChI is InChI=1S/C25H31N3O3/c29-24(26-15-6-10-21-13-12-18-7-4-5-11-22(18)27-21)20-14-16-28(17-20)23(25(30)31)19-8-2-1-3-9-19/h1-3,8-9,12-13,20,23H,4-7,10-11,14-17H2,(H,26,29)(H,30,31)/t20-,23+/m1/s1. The van der Waals surface area contributed by atoms with E-state index in [2.05, 4.69) is 17.4 Å². The van der Waals surface area contributed by atoms with Crippen LogP contribution in [0.3, 0.4) is 0 Å². The molecule has 0 bridgehead atoms. The zero-order valence-corrected chi connectivity index (χ0v) is 17.9. The van der Waals surface area contributed by atoms with Crippen molar-refractivity contribution in [3.8, 4) is 0 Å². The van der Waals surface area contributed by atoms with Gasteiger partial charge in [-0.15, -0.1) is 0 Å². The summed E-state index contributed by atoms with van der Waals surface area (Å²) < 4.78 is 0. The van der Waals surface area contributed by atoms with Crippen molar-refractivity contribution < 1.29 is 14.7 Å². The zero-order chi connectivity index (χ0) is 21.6. The Hall–Kier alpha value is -2.73. The van der Waals surface area contributed by atoms with E-state index in [1.807, 2.05) is 35.2 Å². The Morgan fingerprint density at radius 2 is 1.94 bits per heavy atom. The number of carboxylic acid groups (broad SMARTS) is 1. The normalized spacial score (nSPS) is 19.5. The van der Waals surface area contributed by atoms with Crippen LogP contribution < -0.4 is 5.32 Å². The van der Waals surface area contributed by atoms with Gasteiger partial charge in [-0.25, -0.2) is 0 Å². The van der Waals surface area contributed by atoms with Gasteiger partial charge in [-0.05, 0) is 62.1 Å². The van der Waals surface area contributed by atoms with Crippen LogP contribution in [0.15, 0.2) is 42.5 Å². The summed E-state index contributed by atoms with van der Waals surface area (Å²) >= 11 is 0. The van der Waals surface area contributed by atoms with Gasteiger partial charge in [0.1, 0.15) is 6.04 Å². The van der Waals surface area contributed by atoms with Crippen LogP contribution in [0.25, 0.3) is 0 Å². The molecule has 1 aromatic heterocycles. The Kier molecular flexibility index (Phi) is 6.97. The molecular weight excluding hydrogens is 390 g/mol. The number of carbonyl (C=O) groups excluding carboxylic acids is 1. The lowest BCUT2D eigenvalue weighted by molar-refractivity contribution is -0.143. The fraction of sp³-hybridized carbons (Fsp3) is 0.480. The lowest BCUT2D eigenvalue weighted by Gasteiger charge is -2.24. The van der Waals surface area contributed by atoms with Crippen molar-refractivity contribution >= 4 is 11.9 Å². The van der Waals surface area contributed by atoms with Gasteiger partial charge < -0.3 is 10.4 Å². The summed E-state index contributed by atoms with van der Waals surface area (Å²) in [4.78, 5) is 31.2. The Morgan fingerprint density at radius 1 is 1.13 bits per heavy atom. The van der Waals surface area contributed by atoms with E-state index in [9.17, 15) is 14.7 Å². The highest BCUT2D eigenvalue weighted by molar-refractivity contribution is 5.80. The van der Waals surface area contributed by atoms with Crippen LogP contribution in [0.2, 0.25) is 0 Å². The van der Waals surface area contributed by atoms with Crippen LogP contribution in [0.5, 0.6) is 0 Å². The third-order valence-electron chi connectivity index (χ3n) is 6.45. The van der Waals surface area contributed by atoms with Crippen LogP contribution in [0.1, 0.15) is 54.2 Å². The number of amides is 1. The fourth-order valence-corrected chi connectivity index (χ4v) is 4.77. The molecule has 4 rings (SSSR count). The minimum Gasteiger partial charge on any atom is -0.480 e. The van der Waals surface area contributed by atoms with Gasteiger partial charge >= 0.3 is 5.97 Å². The molecule has 1 aromatic carbocycles. The molecule has 0 saturated carbocycles. The van der Waals surface area contributed by atoms with Gasteiger partial charge in [0.2, 0.25) is 5.91 Å². The number of benzene rings is 1. The summed E-state index contributed by atoms with van der Waals surface area (Å²) in [5, 5.41) is 12.8. The number of rotatable bonds is 8. The molecule has 1 fully saturated rings. The predicted octanol–water partition coefficient (Wildman–Crippen LogP) is 3.16. The van der Waals surface area contributed by atoms with Gasteiger partial charge in [0.25, 0.3) is 0 Å². The molecule has 1 aliphatic heterocycles. The van der Waals surface area contributed by atoms with Crippen molar-refractivity contribution in [3.05, 3.63) is 65.0 Å². The van der Waals surface area contributed by atoms with Crippen molar-refractivity contribution in [1.29, 1.82) is 0 Å². The first-order valence-electron chi connectivity index (χ1n) is 11.4. The molecule has 2 heterocycles. The number of hydrogen-bond donors (Lipinski definition) is 2. The Morgan fingerprint density at radius 3 is 2.74 bits per heavy atom. The molecule has 164 valence electrons. The minimum absolute atomic E-state index is 0.0260. The van der Waals surface area contributed by atoms with Gasteiger partial charge in [-0.3, -0.25) is 19.5 Å². The Bertz CT molecular complexity index is 915. The number of aryl methyl sites for hydroxylation is 3. The number of pyridine rings is 1. The monoisotopic (exact) mass is 421 g/mol. The SMILES string of the molecule is O=C(NCCCc1ccc2c(n1)CCCC2)[C@@H]1CCN([C@H](C(=O)O)c2ccccc2)C1. The summed E-state index contributed by atoms with van der Waals surface area (Å²) in [5.41, 5.74) is 4.51. The molecule has 2 N–H and O–H groups in total. The lowest BCUT2D eigenvalue weighted by Crippen LogP contribution is -2.36. The zero-order valence-electron chi connectivity index (χ0n) is 17.9. The average Bonchev–Trinajstić information content (AvgIpc) is 3.27. The fourth-order valence-electron chi connectivity index (χ4n) is 4.77. The maximum Gasteiger partial charge on any atom is 0.325 e. The van der Waals surface area contributed by atoms with Gasteiger partial charge in [0.05, 0.1) is 5.92 Å². The van der Waals surface area contributed by atoms with Crippen molar-refractivity contribution in [2.45, 2.75) is 51.0 Å². The first-order chi connectivity index (χ1) is 15.1. The quantitative estimate of drug-likeness (QED) is 0.640. The number of hydrogen-bond acceptors (Lipinski definition) is 4. The summed E-state index contributed by atoms with van der Waals surface area (Å²) in [6, 6.07) is 12.9. The van der Waals surface area contributed by atoms with Crippen molar-refractivity contribution in [2.24, 2.45) is 5.92 Å². The number of nitrogens with zero attached hydrogens (tertiary/aromatic N) is 2.